The van der Waals surface area contributed by atoms with Gasteiger partial charge in [0.2, 0.25) is 5.91 Å². The van der Waals surface area contributed by atoms with Crippen molar-refractivity contribution in [1.29, 1.82) is 0 Å². The van der Waals surface area contributed by atoms with Gasteiger partial charge >= 0.3 is 12.3 Å². The molecule has 0 saturated heterocycles. The Bertz CT molecular complexity index is 1300. The Morgan fingerprint density at radius 3 is 2.57 bits per heavy atom. The maximum atomic E-state index is 12.9. The van der Waals surface area contributed by atoms with Crippen LogP contribution in [-0.2, 0) is 23.8 Å². The van der Waals surface area contributed by atoms with E-state index < -0.39 is 24.0 Å². The normalized spacial score (nSPS) is 15.1. The highest BCUT2D eigenvalue weighted by Gasteiger charge is 2.34. The molecule has 3 heterocycles. The van der Waals surface area contributed by atoms with Crippen LogP contribution in [0.3, 0.4) is 0 Å². The zero-order valence-corrected chi connectivity index (χ0v) is 21.2. The van der Waals surface area contributed by atoms with E-state index >= 15 is 0 Å². The minimum atomic E-state index is -4.55. The van der Waals surface area contributed by atoms with Crippen molar-refractivity contribution in [2.75, 3.05) is 5.32 Å². The first kappa shape index (κ1) is 26.5. The third-order valence-corrected chi connectivity index (χ3v) is 7.29. The second-order valence-corrected chi connectivity index (χ2v) is 11.1. The number of rotatable bonds is 7. The number of pyridine rings is 1. The smallest absolute Gasteiger partial charge is 0.433 e. The molecule has 0 spiro atoms. The lowest BCUT2D eigenvalue weighted by Crippen LogP contribution is -2.38. The molecule has 2 aromatic heterocycles. The maximum absolute atomic E-state index is 12.9. The first-order chi connectivity index (χ1) is 17.3. The van der Waals surface area contributed by atoms with E-state index in [0.717, 1.165) is 34.1 Å². The largest absolute Gasteiger partial charge is 0.465 e. The first-order valence-electron chi connectivity index (χ1n) is 11.6. The van der Waals surface area contributed by atoms with Crippen molar-refractivity contribution >= 4 is 29.0 Å². The number of alkyl halides is 3. The van der Waals surface area contributed by atoms with Gasteiger partial charge in [-0.05, 0) is 53.6 Å². The van der Waals surface area contributed by atoms with Crippen LogP contribution in [0.25, 0.3) is 10.6 Å². The van der Waals surface area contributed by atoms with E-state index in [1.54, 1.807) is 0 Å². The third kappa shape index (κ3) is 6.43. The van der Waals surface area contributed by atoms with Gasteiger partial charge in [-0.2, -0.15) is 13.2 Å². The Kier molecular flexibility index (Phi) is 7.22. The molecule has 2 amide bonds. The highest BCUT2D eigenvalue weighted by atomic mass is 32.1. The molecule has 3 aromatic rings. The number of halogens is 3. The lowest BCUT2D eigenvalue weighted by atomic mass is 9.77. The van der Waals surface area contributed by atoms with Crippen LogP contribution in [0.1, 0.15) is 54.9 Å². The van der Waals surface area contributed by atoms with Gasteiger partial charge in [0.05, 0.1) is 6.42 Å². The number of hydrogen-bond donors (Lipinski definition) is 3. The monoisotopic (exact) mass is 533 g/mol. The van der Waals surface area contributed by atoms with Crippen LogP contribution in [0.2, 0.25) is 0 Å². The minimum Gasteiger partial charge on any atom is -0.465 e. The van der Waals surface area contributed by atoms with Crippen molar-refractivity contribution in [3.63, 3.8) is 0 Å². The molecule has 1 aliphatic heterocycles. The summed E-state index contributed by atoms with van der Waals surface area (Å²) in [5, 5.41) is 24.9. The topological polar surface area (TPSA) is 117 Å². The highest BCUT2D eigenvalue weighted by Crippen LogP contribution is 2.42. The summed E-state index contributed by atoms with van der Waals surface area (Å²) < 4.78 is 38.6. The van der Waals surface area contributed by atoms with E-state index in [-0.39, 0.29) is 23.7 Å². The van der Waals surface area contributed by atoms with E-state index in [0.29, 0.717) is 23.4 Å². The van der Waals surface area contributed by atoms with Gasteiger partial charge in [-0.15, -0.1) is 10.2 Å². The van der Waals surface area contributed by atoms with Gasteiger partial charge in [-0.25, -0.2) is 4.79 Å². The van der Waals surface area contributed by atoms with Crippen LogP contribution in [-0.4, -0.2) is 38.3 Å². The minimum absolute atomic E-state index is 0.0573. The number of benzene rings is 1. The SMILES string of the molecule is CC(C)(C)[C@@H](CC(Cc1ccc(C(F)(F)F)nc1)NC(=O)O)c1nnc(-c2ccc3c(c2)CC(=O)N3)s1. The highest BCUT2D eigenvalue weighted by molar-refractivity contribution is 7.14. The average Bonchev–Trinajstić information content (AvgIpc) is 3.41. The number of carbonyl (C=O) groups is 2. The third-order valence-electron chi connectivity index (χ3n) is 6.21. The maximum Gasteiger partial charge on any atom is 0.433 e. The number of anilines is 1. The van der Waals surface area contributed by atoms with Crippen LogP contribution in [0.5, 0.6) is 0 Å². The van der Waals surface area contributed by atoms with Gasteiger partial charge in [0.15, 0.2) is 0 Å². The number of carboxylic acid groups (broad SMARTS) is 1. The second kappa shape index (κ2) is 10.1. The van der Waals surface area contributed by atoms with Crippen molar-refractivity contribution in [3.8, 4) is 10.6 Å². The Morgan fingerprint density at radius 2 is 1.95 bits per heavy atom. The molecule has 0 aliphatic carbocycles. The van der Waals surface area contributed by atoms with E-state index in [9.17, 15) is 27.9 Å². The first-order valence-corrected chi connectivity index (χ1v) is 12.4. The van der Waals surface area contributed by atoms with Crippen molar-refractivity contribution < 1.29 is 27.9 Å². The summed E-state index contributed by atoms with van der Waals surface area (Å²) in [4.78, 5) is 26.7. The standard InChI is InChI=1S/C25H26F3N5O3S/c1-24(2,3)17(11-16(30-23(35)36)8-13-4-7-19(29-12-13)25(26,27)28)22-33-32-21(37-22)14-5-6-18-15(9-14)10-20(34)31-18/h4-7,9,12,16-17,30H,8,10-11H2,1-3H3,(H,31,34)(H,35,36)/t16?,17-/m0/s1. The Morgan fingerprint density at radius 1 is 1.19 bits per heavy atom. The summed E-state index contributed by atoms with van der Waals surface area (Å²) in [6, 6.07) is 7.23. The van der Waals surface area contributed by atoms with Crippen LogP contribution in [0.4, 0.5) is 23.7 Å². The summed E-state index contributed by atoms with van der Waals surface area (Å²) in [6.45, 7) is 6.05. The fraction of sp³-hybridized carbons (Fsp3) is 0.400. The summed E-state index contributed by atoms with van der Waals surface area (Å²) >= 11 is 1.40. The van der Waals surface area contributed by atoms with Crippen molar-refractivity contribution in [2.24, 2.45) is 5.41 Å². The average molecular weight is 534 g/mol. The molecule has 0 radical (unpaired) electrons. The molecule has 1 aromatic carbocycles. The number of amides is 2. The molecule has 1 unspecified atom stereocenters. The van der Waals surface area contributed by atoms with Crippen LogP contribution in [0.15, 0.2) is 36.5 Å². The quantitative estimate of drug-likeness (QED) is 0.369. The summed E-state index contributed by atoms with van der Waals surface area (Å²) in [7, 11) is 0. The molecule has 37 heavy (non-hydrogen) atoms. The van der Waals surface area contributed by atoms with E-state index in [4.69, 9.17) is 0 Å². The molecule has 8 nitrogen and oxygen atoms in total. The van der Waals surface area contributed by atoms with E-state index in [2.05, 4.69) is 25.8 Å². The fourth-order valence-corrected chi connectivity index (χ4v) is 5.53. The molecule has 0 saturated carbocycles. The van der Waals surface area contributed by atoms with Gasteiger partial charge in [0, 0.05) is 29.4 Å². The molecule has 4 rings (SSSR count). The number of nitrogens with one attached hydrogen (secondary N) is 2. The molecule has 196 valence electrons. The van der Waals surface area contributed by atoms with Gasteiger partial charge in [0.1, 0.15) is 15.7 Å². The zero-order chi connectivity index (χ0) is 27.0. The van der Waals surface area contributed by atoms with Crippen molar-refractivity contribution in [1.82, 2.24) is 20.5 Å². The van der Waals surface area contributed by atoms with Crippen LogP contribution >= 0.6 is 11.3 Å². The molecule has 0 fully saturated rings. The van der Waals surface area contributed by atoms with E-state index in [1.807, 2.05) is 39.0 Å². The van der Waals surface area contributed by atoms with E-state index in [1.165, 1.54) is 17.4 Å². The predicted octanol–water partition coefficient (Wildman–Crippen LogP) is 5.51. The van der Waals surface area contributed by atoms with Gasteiger partial charge in [-0.3, -0.25) is 9.78 Å². The van der Waals surface area contributed by atoms with Crippen LogP contribution in [0, 0.1) is 5.41 Å². The molecule has 2 atom stereocenters. The van der Waals surface area contributed by atoms with Crippen LogP contribution < -0.4 is 10.6 Å². The molecule has 3 N–H and O–H groups in total. The lowest BCUT2D eigenvalue weighted by molar-refractivity contribution is -0.141. The molecule has 0 bridgehead atoms. The Balaban J connectivity index is 1.57. The van der Waals surface area contributed by atoms with Gasteiger partial charge < -0.3 is 15.7 Å². The number of hydrogen-bond acceptors (Lipinski definition) is 6. The van der Waals surface area contributed by atoms with Gasteiger partial charge in [-0.1, -0.05) is 38.2 Å². The summed E-state index contributed by atoms with van der Waals surface area (Å²) in [5.74, 6) is -0.256. The predicted molar refractivity (Wildman–Crippen MR) is 132 cm³/mol. The van der Waals surface area contributed by atoms with Crippen molar-refractivity contribution in [2.45, 2.75) is 58.2 Å². The van der Waals surface area contributed by atoms with Gasteiger partial charge in [0.25, 0.3) is 0 Å². The van der Waals surface area contributed by atoms with Crippen molar-refractivity contribution in [3.05, 3.63) is 58.4 Å². The fourth-order valence-electron chi connectivity index (χ4n) is 4.33. The molecular weight excluding hydrogens is 507 g/mol. The second-order valence-electron chi connectivity index (χ2n) is 10.1. The zero-order valence-electron chi connectivity index (χ0n) is 20.4. The molecular formula is C25H26F3N5O3S. The number of carbonyl (C=O) groups excluding carboxylic acids is 1. The summed E-state index contributed by atoms with van der Waals surface area (Å²) in [5.41, 5.74) is 1.68. The number of aromatic nitrogens is 3. The lowest BCUT2D eigenvalue weighted by Gasteiger charge is -2.32. The number of fused-ring (bicyclic) bond motifs is 1. The molecule has 1 aliphatic rings. The number of nitrogens with zero attached hydrogens (tertiary/aromatic N) is 3. The Hall–Kier alpha value is -3.54. The summed E-state index contributed by atoms with van der Waals surface area (Å²) in [6.07, 6.45) is -3.82. The molecule has 12 heteroatoms. The Labute approximate surface area is 215 Å².